The smallest absolute Gasteiger partial charge is 0.280 e. The van der Waals surface area contributed by atoms with Gasteiger partial charge in [0.25, 0.3) is 5.56 Å². The van der Waals surface area contributed by atoms with Gasteiger partial charge in [-0.3, -0.25) is 4.79 Å². The number of H-pyrrole nitrogens is 1. The molecule has 0 aliphatic heterocycles. The number of hydrogen-bond acceptors (Lipinski definition) is 2. The van der Waals surface area contributed by atoms with Crippen molar-refractivity contribution in [2.45, 2.75) is 6.54 Å². The molecule has 0 aliphatic carbocycles. The molecule has 0 bridgehead atoms. The first-order valence-electron chi connectivity index (χ1n) is 2.29. The average Bonchev–Trinajstić information content (AvgIpc) is 2.14. The van der Waals surface area contributed by atoms with E-state index in [1.165, 1.54) is 6.07 Å². The van der Waals surface area contributed by atoms with Crippen LogP contribution in [0.2, 0.25) is 0 Å². The molecule has 0 unspecified atom stereocenters. The summed E-state index contributed by atoms with van der Waals surface area (Å²) < 4.78 is 4.61. The maximum absolute atomic E-state index is 10.3. The largest absolute Gasteiger partial charge is 0.377 e. The van der Waals surface area contributed by atoms with Gasteiger partial charge in [-0.1, -0.05) is 0 Å². The molecule has 4 N–H and O–H groups in total. The Balaban J connectivity index is 3.01. The topological polar surface area (TPSA) is 73.6 Å². The second-order valence-corrected chi connectivity index (χ2v) is 1.43. The molecule has 1 aromatic rings. The Morgan fingerprint density at radius 2 is 2.62 bits per heavy atom. The van der Waals surface area contributed by atoms with Crippen molar-refractivity contribution in [2.75, 3.05) is 0 Å². The number of rotatable bonds is 1. The van der Waals surface area contributed by atoms with E-state index in [1.54, 1.807) is 0 Å². The van der Waals surface area contributed by atoms with Gasteiger partial charge in [0.15, 0.2) is 5.76 Å². The third-order valence-electron chi connectivity index (χ3n) is 0.821. The van der Waals surface area contributed by atoms with E-state index in [0.717, 1.165) is 0 Å². The van der Waals surface area contributed by atoms with Crippen LogP contribution in [0, 0.1) is 0 Å². The molecule has 1 aromatic heterocycles. The van der Waals surface area contributed by atoms with Crippen LogP contribution in [0.15, 0.2) is 15.4 Å². The van der Waals surface area contributed by atoms with Crippen molar-refractivity contribution in [1.29, 1.82) is 0 Å². The minimum absolute atomic E-state index is 0.205. The minimum Gasteiger partial charge on any atom is -0.377 e. The van der Waals surface area contributed by atoms with E-state index in [1.807, 2.05) is 0 Å². The summed E-state index contributed by atoms with van der Waals surface area (Å²) >= 11 is 0. The fourth-order valence-corrected chi connectivity index (χ4v) is 0.444. The van der Waals surface area contributed by atoms with Crippen LogP contribution in [0.1, 0.15) is 5.76 Å². The summed E-state index contributed by atoms with van der Waals surface area (Å²) in [6.45, 7) is 0.513. The van der Waals surface area contributed by atoms with E-state index in [9.17, 15) is 4.79 Å². The van der Waals surface area contributed by atoms with Gasteiger partial charge in [-0.05, 0) is 0 Å². The number of hydrogen-bond donors (Lipinski definition) is 2. The first-order valence-corrected chi connectivity index (χ1v) is 2.29. The Morgan fingerprint density at radius 1 is 1.88 bits per heavy atom. The molecule has 0 amide bonds. The highest BCUT2D eigenvalue weighted by Gasteiger charge is 1.94. The molecule has 0 aromatic carbocycles. The summed E-state index contributed by atoms with van der Waals surface area (Å²) in [5.74, 6) is 0.593. The van der Waals surface area contributed by atoms with Crippen LogP contribution >= 0.6 is 0 Å². The third-order valence-corrected chi connectivity index (χ3v) is 0.821. The molecule has 4 heteroatoms. The zero-order chi connectivity index (χ0) is 5.98. The van der Waals surface area contributed by atoms with Gasteiger partial charge >= 0.3 is 0 Å². The molecule has 0 aliphatic rings. The highest BCUT2D eigenvalue weighted by molar-refractivity contribution is 4.89. The molecule has 1 heterocycles. The van der Waals surface area contributed by atoms with Crippen LogP contribution < -0.4 is 11.3 Å². The molecule has 0 fully saturated rings. The fourth-order valence-electron chi connectivity index (χ4n) is 0.444. The number of nitrogens with one attached hydrogen (secondary N) is 1. The predicted octanol–water partition coefficient (Wildman–Crippen LogP) is -1.29. The Kier molecular flexibility index (Phi) is 1.17. The van der Waals surface area contributed by atoms with Gasteiger partial charge in [0.05, 0.1) is 6.07 Å². The molecule has 44 valence electrons. The molecule has 1 rings (SSSR count). The zero-order valence-corrected chi connectivity index (χ0v) is 4.31. The summed E-state index contributed by atoms with van der Waals surface area (Å²) in [6.07, 6.45) is 0. The SMILES string of the molecule is [NH3+]Cc1cc(=O)[nH]o1. The van der Waals surface area contributed by atoms with E-state index < -0.39 is 0 Å². The molecular weight excluding hydrogens is 108 g/mol. The van der Waals surface area contributed by atoms with Gasteiger partial charge in [-0.2, -0.15) is 5.16 Å². The Labute approximate surface area is 45.3 Å². The van der Waals surface area contributed by atoms with E-state index in [0.29, 0.717) is 12.3 Å². The van der Waals surface area contributed by atoms with Gasteiger partial charge in [-0.15, -0.1) is 0 Å². The molecular formula is C4H7N2O2+. The Bertz CT molecular complexity index is 212. The third kappa shape index (κ3) is 0.788. The van der Waals surface area contributed by atoms with Crippen LogP contribution in [-0.4, -0.2) is 5.16 Å². The van der Waals surface area contributed by atoms with Crippen molar-refractivity contribution in [3.05, 3.63) is 22.2 Å². The van der Waals surface area contributed by atoms with Crippen molar-refractivity contribution in [3.8, 4) is 0 Å². The van der Waals surface area contributed by atoms with E-state index in [2.05, 4.69) is 15.4 Å². The quantitative estimate of drug-likeness (QED) is 0.478. The highest BCUT2D eigenvalue weighted by Crippen LogP contribution is 1.84. The first kappa shape index (κ1) is 5.11. The second kappa shape index (κ2) is 1.83. The van der Waals surface area contributed by atoms with E-state index in [4.69, 9.17) is 0 Å². The van der Waals surface area contributed by atoms with Crippen LogP contribution in [0.4, 0.5) is 0 Å². The van der Waals surface area contributed by atoms with Crippen LogP contribution in [-0.2, 0) is 6.54 Å². The van der Waals surface area contributed by atoms with Crippen molar-refractivity contribution >= 4 is 0 Å². The van der Waals surface area contributed by atoms with E-state index in [-0.39, 0.29) is 5.56 Å². The standard InChI is InChI=1S/C4H6N2O2/c5-2-3-1-4(7)6-8-3/h1H,2,5H2,(H,6,7)/p+1. The summed E-state index contributed by atoms with van der Waals surface area (Å²) in [4.78, 5) is 10.3. The van der Waals surface area contributed by atoms with Gasteiger partial charge in [0, 0.05) is 0 Å². The number of aromatic amines is 1. The van der Waals surface area contributed by atoms with Crippen molar-refractivity contribution in [1.82, 2.24) is 5.16 Å². The summed E-state index contributed by atoms with van der Waals surface area (Å²) in [6, 6.07) is 1.38. The molecule has 8 heavy (non-hydrogen) atoms. The second-order valence-electron chi connectivity index (χ2n) is 1.43. The minimum atomic E-state index is -0.205. The molecule has 0 atom stereocenters. The predicted molar refractivity (Wildman–Crippen MR) is 25.9 cm³/mol. The maximum atomic E-state index is 10.3. The molecule has 0 saturated heterocycles. The lowest BCUT2D eigenvalue weighted by Crippen LogP contribution is -2.47. The molecule has 0 radical (unpaired) electrons. The Hall–Kier alpha value is -1.03. The lowest BCUT2D eigenvalue weighted by molar-refractivity contribution is -0.390. The lowest BCUT2D eigenvalue weighted by Gasteiger charge is -1.75. The lowest BCUT2D eigenvalue weighted by atomic mass is 10.5. The molecule has 0 spiro atoms. The molecule has 0 saturated carbocycles. The Morgan fingerprint density at radius 3 is 2.88 bits per heavy atom. The number of aromatic nitrogens is 1. The van der Waals surface area contributed by atoms with Crippen LogP contribution in [0.3, 0.4) is 0 Å². The number of quaternary nitrogens is 1. The normalized spacial score (nSPS) is 9.62. The van der Waals surface area contributed by atoms with Gasteiger partial charge in [-0.25, -0.2) is 0 Å². The summed E-state index contributed by atoms with van der Waals surface area (Å²) in [7, 11) is 0. The van der Waals surface area contributed by atoms with Gasteiger partial charge < -0.3 is 10.3 Å². The van der Waals surface area contributed by atoms with E-state index >= 15 is 0 Å². The summed E-state index contributed by atoms with van der Waals surface area (Å²) in [5.41, 5.74) is 3.31. The van der Waals surface area contributed by atoms with Crippen molar-refractivity contribution in [2.24, 2.45) is 0 Å². The fraction of sp³-hybridized carbons (Fsp3) is 0.250. The van der Waals surface area contributed by atoms with Gasteiger partial charge in [0.2, 0.25) is 0 Å². The van der Waals surface area contributed by atoms with Crippen molar-refractivity contribution < 1.29 is 10.3 Å². The van der Waals surface area contributed by atoms with Crippen molar-refractivity contribution in [3.63, 3.8) is 0 Å². The first-order chi connectivity index (χ1) is 3.83. The zero-order valence-electron chi connectivity index (χ0n) is 4.31. The highest BCUT2D eigenvalue weighted by atomic mass is 16.5. The van der Waals surface area contributed by atoms with Crippen LogP contribution in [0.5, 0.6) is 0 Å². The van der Waals surface area contributed by atoms with Crippen LogP contribution in [0.25, 0.3) is 0 Å². The monoisotopic (exact) mass is 115 g/mol. The van der Waals surface area contributed by atoms with Gasteiger partial charge in [0.1, 0.15) is 6.54 Å². The maximum Gasteiger partial charge on any atom is 0.280 e. The average molecular weight is 115 g/mol. The summed E-state index contributed by atoms with van der Waals surface area (Å²) in [5, 5.41) is 2.15. The molecule has 4 nitrogen and oxygen atoms in total.